The van der Waals surface area contributed by atoms with Crippen molar-refractivity contribution in [3.05, 3.63) is 29.6 Å². The van der Waals surface area contributed by atoms with Gasteiger partial charge in [0.1, 0.15) is 0 Å². The first-order valence-electron chi connectivity index (χ1n) is 4.62. The fourth-order valence-electron chi connectivity index (χ4n) is 1.14. The Balaban J connectivity index is 2.64. The molecule has 0 aliphatic carbocycles. The van der Waals surface area contributed by atoms with E-state index in [4.69, 9.17) is 10.00 Å². The third kappa shape index (κ3) is 3.22. The zero-order valence-corrected chi connectivity index (χ0v) is 8.75. The number of methoxy groups -OCH3 is 1. The van der Waals surface area contributed by atoms with Gasteiger partial charge >= 0.3 is 0 Å². The van der Waals surface area contributed by atoms with Crippen LogP contribution in [0.4, 0.5) is 4.39 Å². The summed E-state index contributed by atoms with van der Waals surface area (Å²) in [6.07, 6.45) is 0. The molecule has 0 saturated carbocycles. The molecule has 4 heteroatoms. The molecule has 1 rings (SSSR count). The van der Waals surface area contributed by atoms with Crippen molar-refractivity contribution in [2.75, 3.05) is 7.11 Å². The molecule has 3 nitrogen and oxygen atoms in total. The number of nitrogens with zero attached hydrogens (tertiary/aromatic N) is 1. The van der Waals surface area contributed by atoms with Crippen LogP contribution in [-0.2, 0) is 6.54 Å². The van der Waals surface area contributed by atoms with E-state index in [1.807, 2.05) is 6.07 Å². The molecule has 1 aromatic rings. The molecule has 1 atom stereocenters. The third-order valence-corrected chi connectivity index (χ3v) is 2.02. The van der Waals surface area contributed by atoms with Crippen LogP contribution in [0.5, 0.6) is 5.75 Å². The van der Waals surface area contributed by atoms with Crippen molar-refractivity contribution in [1.29, 1.82) is 5.26 Å². The maximum Gasteiger partial charge on any atom is 0.165 e. The van der Waals surface area contributed by atoms with Gasteiger partial charge in [-0.15, -0.1) is 0 Å². The second kappa shape index (κ2) is 5.32. The molecule has 1 N–H and O–H groups in total. The van der Waals surface area contributed by atoms with Gasteiger partial charge in [-0.25, -0.2) is 4.39 Å². The summed E-state index contributed by atoms with van der Waals surface area (Å²) in [5.74, 6) is -0.159. The Morgan fingerprint density at radius 2 is 2.33 bits per heavy atom. The largest absolute Gasteiger partial charge is 0.494 e. The van der Waals surface area contributed by atoms with Crippen molar-refractivity contribution >= 4 is 0 Å². The summed E-state index contributed by atoms with van der Waals surface area (Å²) in [6, 6.07) is 6.54. The fraction of sp³-hybridized carbons (Fsp3) is 0.364. The van der Waals surface area contributed by atoms with Crippen LogP contribution in [0.1, 0.15) is 12.5 Å². The summed E-state index contributed by atoms with van der Waals surface area (Å²) >= 11 is 0. The van der Waals surface area contributed by atoms with Crippen LogP contribution in [0.25, 0.3) is 0 Å². The van der Waals surface area contributed by atoms with E-state index < -0.39 is 0 Å². The molecule has 1 aromatic carbocycles. The van der Waals surface area contributed by atoms with Crippen LogP contribution in [-0.4, -0.2) is 13.2 Å². The van der Waals surface area contributed by atoms with Gasteiger partial charge in [0.2, 0.25) is 0 Å². The molecule has 0 amide bonds. The van der Waals surface area contributed by atoms with Crippen molar-refractivity contribution in [3.63, 3.8) is 0 Å². The van der Waals surface area contributed by atoms with E-state index in [1.165, 1.54) is 13.2 Å². The van der Waals surface area contributed by atoms with Gasteiger partial charge in [-0.1, -0.05) is 6.07 Å². The van der Waals surface area contributed by atoms with Crippen LogP contribution < -0.4 is 10.1 Å². The highest BCUT2D eigenvalue weighted by molar-refractivity contribution is 5.29. The molecule has 0 fully saturated rings. The van der Waals surface area contributed by atoms with Crippen molar-refractivity contribution in [2.45, 2.75) is 19.5 Å². The maximum atomic E-state index is 13.2. The average Bonchev–Trinajstić information content (AvgIpc) is 2.26. The number of benzene rings is 1. The summed E-state index contributed by atoms with van der Waals surface area (Å²) in [7, 11) is 1.42. The van der Waals surface area contributed by atoms with E-state index in [-0.39, 0.29) is 17.6 Å². The quantitative estimate of drug-likeness (QED) is 0.821. The minimum Gasteiger partial charge on any atom is -0.494 e. The van der Waals surface area contributed by atoms with Crippen molar-refractivity contribution < 1.29 is 9.13 Å². The van der Waals surface area contributed by atoms with E-state index in [9.17, 15) is 4.39 Å². The molecule has 0 radical (unpaired) electrons. The van der Waals surface area contributed by atoms with E-state index in [0.29, 0.717) is 6.54 Å². The fourth-order valence-corrected chi connectivity index (χ4v) is 1.14. The predicted octanol–water partition coefficient (Wildman–Crippen LogP) is 1.84. The molecular weight excluding hydrogens is 195 g/mol. The molecule has 0 spiro atoms. The highest BCUT2D eigenvalue weighted by Crippen LogP contribution is 2.17. The average molecular weight is 208 g/mol. The van der Waals surface area contributed by atoms with Crippen LogP contribution >= 0.6 is 0 Å². The first-order valence-corrected chi connectivity index (χ1v) is 4.62. The highest BCUT2D eigenvalue weighted by atomic mass is 19.1. The lowest BCUT2D eigenvalue weighted by atomic mass is 10.2. The maximum absolute atomic E-state index is 13.2. The van der Waals surface area contributed by atoms with E-state index in [0.717, 1.165) is 5.56 Å². The number of nitrogens with one attached hydrogen (secondary N) is 1. The Morgan fingerprint density at radius 1 is 1.60 bits per heavy atom. The molecule has 0 saturated heterocycles. The van der Waals surface area contributed by atoms with Crippen LogP contribution in [0.3, 0.4) is 0 Å². The Morgan fingerprint density at radius 3 is 2.87 bits per heavy atom. The monoisotopic (exact) mass is 208 g/mol. The highest BCUT2D eigenvalue weighted by Gasteiger charge is 2.04. The van der Waals surface area contributed by atoms with E-state index in [1.54, 1.807) is 19.1 Å². The summed E-state index contributed by atoms with van der Waals surface area (Å²) < 4.78 is 18.0. The van der Waals surface area contributed by atoms with Crippen LogP contribution in [0.2, 0.25) is 0 Å². The summed E-state index contributed by atoms with van der Waals surface area (Å²) in [5.41, 5.74) is 0.787. The summed E-state index contributed by atoms with van der Waals surface area (Å²) in [6.45, 7) is 2.22. The lowest BCUT2D eigenvalue weighted by Crippen LogP contribution is -2.23. The van der Waals surface area contributed by atoms with Gasteiger partial charge < -0.3 is 4.74 Å². The Kier molecular flexibility index (Phi) is 4.07. The van der Waals surface area contributed by atoms with Gasteiger partial charge in [-0.2, -0.15) is 5.26 Å². The molecule has 80 valence electrons. The lowest BCUT2D eigenvalue weighted by molar-refractivity contribution is 0.386. The third-order valence-electron chi connectivity index (χ3n) is 2.02. The smallest absolute Gasteiger partial charge is 0.165 e. The zero-order chi connectivity index (χ0) is 11.3. The van der Waals surface area contributed by atoms with E-state index >= 15 is 0 Å². The number of halogens is 1. The van der Waals surface area contributed by atoms with Gasteiger partial charge in [0, 0.05) is 6.54 Å². The Bertz CT molecular complexity index is 373. The number of hydrogen-bond donors (Lipinski definition) is 1. The molecular formula is C11H13FN2O. The summed E-state index contributed by atoms with van der Waals surface area (Å²) in [5, 5.41) is 11.5. The molecule has 0 aliphatic heterocycles. The lowest BCUT2D eigenvalue weighted by Gasteiger charge is -2.07. The normalized spacial score (nSPS) is 11.9. The van der Waals surface area contributed by atoms with Crippen LogP contribution in [0, 0.1) is 17.1 Å². The minimum atomic E-state index is -0.388. The van der Waals surface area contributed by atoms with Gasteiger partial charge in [-0.05, 0) is 24.6 Å². The number of nitriles is 1. The van der Waals surface area contributed by atoms with Gasteiger partial charge in [0.05, 0.1) is 19.2 Å². The zero-order valence-electron chi connectivity index (χ0n) is 8.75. The van der Waals surface area contributed by atoms with E-state index in [2.05, 4.69) is 5.32 Å². The second-order valence-electron chi connectivity index (χ2n) is 3.20. The molecule has 1 unspecified atom stereocenters. The van der Waals surface area contributed by atoms with Crippen molar-refractivity contribution in [3.8, 4) is 11.8 Å². The van der Waals surface area contributed by atoms with Gasteiger partial charge in [0.25, 0.3) is 0 Å². The topological polar surface area (TPSA) is 45.0 Å². The van der Waals surface area contributed by atoms with Crippen molar-refractivity contribution in [2.24, 2.45) is 0 Å². The first kappa shape index (κ1) is 11.5. The molecule has 0 aliphatic rings. The summed E-state index contributed by atoms with van der Waals surface area (Å²) in [4.78, 5) is 0. The Labute approximate surface area is 88.5 Å². The second-order valence-corrected chi connectivity index (χ2v) is 3.20. The molecule has 0 bridgehead atoms. The number of ether oxygens (including phenoxy) is 1. The molecule has 0 aromatic heterocycles. The van der Waals surface area contributed by atoms with Crippen molar-refractivity contribution in [1.82, 2.24) is 5.32 Å². The number of rotatable bonds is 4. The molecule has 0 heterocycles. The SMILES string of the molecule is COc1ccc(CNC(C)C#N)cc1F. The number of hydrogen-bond acceptors (Lipinski definition) is 3. The van der Waals surface area contributed by atoms with Crippen LogP contribution in [0.15, 0.2) is 18.2 Å². The van der Waals surface area contributed by atoms with Gasteiger partial charge in [-0.3, -0.25) is 5.32 Å². The molecule has 15 heavy (non-hydrogen) atoms. The first-order chi connectivity index (χ1) is 7.17. The standard InChI is InChI=1S/C11H13FN2O/c1-8(6-13)14-7-9-3-4-11(15-2)10(12)5-9/h3-5,8,14H,7H2,1-2H3. The minimum absolute atomic E-state index is 0.229. The predicted molar refractivity (Wildman–Crippen MR) is 54.9 cm³/mol. The Hall–Kier alpha value is -1.60. The van der Waals surface area contributed by atoms with Gasteiger partial charge in [0.15, 0.2) is 11.6 Å².